The lowest BCUT2D eigenvalue weighted by Gasteiger charge is -2.40. The normalized spacial score (nSPS) is 23.3. The van der Waals surface area contributed by atoms with E-state index >= 15 is 0 Å². The van der Waals surface area contributed by atoms with Crippen molar-refractivity contribution < 1.29 is 0 Å². The first-order valence-electron chi connectivity index (χ1n) is 7.75. The van der Waals surface area contributed by atoms with Crippen molar-refractivity contribution in [2.45, 2.75) is 32.4 Å². The number of thioether (sulfide) groups is 1. The summed E-state index contributed by atoms with van der Waals surface area (Å²) < 4.78 is 1.98. The number of likely N-dealkylation sites (tertiary alicyclic amines) is 1. The van der Waals surface area contributed by atoms with Crippen LogP contribution in [0.3, 0.4) is 0 Å². The maximum Gasteiger partial charge on any atom is 0.0537 e. The molecule has 2 aliphatic rings. The van der Waals surface area contributed by atoms with E-state index in [2.05, 4.69) is 33.6 Å². The molecule has 0 N–H and O–H groups in total. The Morgan fingerprint density at radius 2 is 1.90 bits per heavy atom. The standard InChI is InChI=1S/C15H26N4S/c1-13-14(11-16-17(13)2)12-18-5-3-15(4-6-18)19-7-9-20-10-8-19/h11,15H,3-10,12H2,1-2H3. The molecule has 2 fully saturated rings. The summed E-state index contributed by atoms with van der Waals surface area (Å²) in [6.07, 6.45) is 4.71. The number of aromatic nitrogens is 2. The molecule has 0 bridgehead atoms. The summed E-state index contributed by atoms with van der Waals surface area (Å²) in [5.74, 6) is 2.66. The Labute approximate surface area is 126 Å². The van der Waals surface area contributed by atoms with Crippen LogP contribution in [0.2, 0.25) is 0 Å². The molecule has 0 saturated carbocycles. The van der Waals surface area contributed by atoms with Crippen molar-refractivity contribution in [1.82, 2.24) is 19.6 Å². The van der Waals surface area contributed by atoms with E-state index in [9.17, 15) is 0 Å². The molecule has 2 saturated heterocycles. The zero-order valence-corrected chi connectivity index (χ0v) is 13.5. The molecular formula is C15H26N4S. The van der Waals surface area contributed by atoms with Crippen LogP contribution < -0.4 is 0 Å². The van der Waals surface area contributed by atoms with Gasteiger partial charge in [0.15, 0.2) is 0 Å². The van der Waals surface area contributed by atoms with Gasteiger partial charge in [0.1, 0.15) is 0 Å². The van der Waals surface area contributed by atoms with Gasteiger partial charge in [0.05, 0.1) is 6.20 Å². The van der Waals surface area contributed by atoms with Crippen LogP contribution in [0.15, 0.2) is 6.20 Å². The van der Waals surface area contributed by atoms with Crippen LogP contribution in [0.1, 0.15) is 24.1 Å². The SMILES string of the molecule is Cc1c(CN2CCC(N3CCSCC3)CC2)cnn1C. The van der Waals surface area contributed by atoms with Gasteiger partial charge in [-0.1, -0.05) is 0 Å². The predicted octanol–water partition coefficient (Wildman–Crippen LogP) is 1.74. The zero-order valence-electron chi connectivity index (χ0n) is 12.7. The van der Waals surface area contributed by atoms with Gasteiger partial charge in [-0.15, -0.1) is 0 Å². The molecule has 3 heterocycles. The first-order valence-corrected chi connectivity index (χ1v) is 8.91. The Balaban J connectivity index is 1.49. The highest BCUT2D eigenvalue weighted by Crippen LogP contribution is 2.22. The summed E-state index contributed by atoms with van der Waals surface area (Å²) in [5.41, 5.74) is 2.69. The zero-order chi connectivity index (χ0) is 13.9. The van der Waals surface area contributed by atoms with Crippen molar-refractivity contribution in [2.75, 3.05) is 37.7 Å². The van der Waals surface area contributed by atoms with Gasteiger partial charge in [-0.25, -0.2) is 0 Å². The molecule has 2 aliphatic heterocycles. The number of rotatable bonds is 3. The summed E-state index contributed by atoms with van der Waals surface area (Å²) in [6, 6.07) is 0.835. The van der Waals surface area contributed by atoms with Gasteiger partial charge >= 0.3 is 0 Å². The lowest BCUT2D eigenvalue weighted by atomic mass is 10.0. The molecule has 112 valence electrons. The first kappa shape index (κ1) is 14.4. The van der Waals surface area contributed by atoms with Crippen LogP contribution in [0, 0.1) is 6.92 Å². The van der Waals surface area contributed by atoms with Crippen molar-refractivity contribution in [3.05, 3.63) is 17.5 Å². The molecule has 1 aromatic rings. The molecule has 0 spiro atoms. The summed E-state index contributed by atoms with van der Waals surface area (Å²) >= 11 is 2.11. The number of aryl methyl sites for hydroxylation is 1. The van der Waals surface area contributed by atoms with Crippen LogP contribution in [-0.4, -0.2) is 63.3 Å². The maximum atomic E-state index is 4.35. The molecule has 4 nitrogen and oxygen atoms in total. The third-order valence-corrected chi connectivity index (χ3v) is 5.79. The fraction of sp³-hybridized carbons (Fsp3) is 0.800. The Bertz CT molecular complexity index is 431. The van der Waals surface area contributed by atoms with E-state index in [0.717, 1.165) is 12.6 Å². The fourth-order valence-corrected chi connectivity index (χ4v) is 4.26. The Kier molecular flexibility index (Phi) is 4.68. The molecule has 0 aromatic carbocycles. The van der Waals surface area contributed by atoms with Crippen LogP contribution in [0.4, 0.5) is 0 Å². The van der Waals surface area contributed by atoms with Crippen molar-refractivity contribution in [3.63, 3.8) is 0 Å². The molecule has 0 radical (unpaired) electrons. The molecule has 0 aliphatic carbocycles. The van der Waals surface area contributed by atoms with Crippen LogP contribution in [0.25, 0.3) is 0 Å². The third kappa shape index (κ3) is 3.21. The van der Waals surface area contributed by atoms with E-state index < -0.39 is 0 Å². The fourth-order valence-electron chi connectivity index (χ4n) is 3.33. The summed E-state index contributed by atoms with van der Waals surface area (Å²) in [5, 5.41) is 4.35. The monoisotopic (exact) mass is 294 g/mol. The minimum absolute atomic E-state index is 0.835. The molecule has 20 heavy (non-hydrogen) atoms. The Morgan fingerprint density at radius 1 is 1.20 bits per heavy atom. The molecule has 1 aromatic heterocycles. The number of nitrogens with zero attached hydrogens (tertiary/aromatic N) is 4. The van der Waals surface area contributed by atoms with E-state index in [1.807, 2.05) is 17.9 Å². The molecule has 0 atom stereocenters. The molecule has 5 heteroatoms. The average Bonchev–Trinajstić information content (AvgIpc) is 2.81. The topological polar surface area (TPSA) is 24.3 Å². The molecule has 3 rings (SSSR count). The second-order valence-corrected chi connectivity index (χ2v) is 7.26. The van der Waals surface area contributed by atoms with E-state index in [0.29, 0.717) is 0 Å². The Morgan fingerprint density at radius 3 is 2.50 bits per heavy atom. The highest BCUT2D eigenvalue weighted by Gasteiger charge is 2.25. The van der Waals surface area contributed by atoms with Gasteiger partial charge in [-0.2, -0.15) is 16.9 Å². The lowest BCUT2D eigenvalue weighted by molar-refractivity contribution is 0.112. The molecule has 0 amide bonds. The summed E-state index contributed by atoms with van der Waals surface area (Å²) in [6.45, 7) is 8.32. The van der Waals surface area contributed by atoms with Crippen LogP contribution in [0.5, 0.6) is 0 Å². The second kappa shape index (κ2) is 6.50. The van der Waals surface area contributed by atoms with Gasteiger partial charge < -0.3 is 0 Å². The van der Waals surface area contributed by atoms with Gasteiger partial charge in [0.25, 0.3) is 0 Å². The predicted molar refractivity (Wildman–Crippen MR) is 85.1 cm³/mol. The van der Waals surface area contributed by atoms with Gasteiger partial charge in [-0.3, -0.25) is 14.5 Å². The smallest absolute Gasteiger partial charge is 0.0537 e. The largest absolute Gasteiger partial charge is 0.299 e. The van der Waals surface area contributed by atoms with Gasteiger partial charge in [-0.05, 0) is 32.9 Å². The van der Waals surface area contributed by atoms with Crippen molar-refractivity contribution in [3.8, 4) is 0 Å². The van der Waals surface area contributed by atoms with Crippen molar-refractivity contribution >= 4 is 11.8 Å². The third-order valence-electron chi connectivity index (χ3n) is 4.85. The number of hydrogen-bond donors (Lipinski definition) is 0. The van der Waals surface area contributed by atoms with Gasteiger partial charge in [0.2, 0.25) is 0 Å². The molecular weight excluding hydrogens is 268 g/mol. The van der Waals surface area contributed by atoms with E-state index in [1.54, 1.807) is 0 Å². The van der Waals surface area contributed by atoms with E-state index in [4.69, 9.17) is 0 Å². The number of hydrogen-bond acceptors (Lipinski definition) is 4. The second-order valence-electron chi connectivity index (χ2n) is 6.03. The average molecular weight is 294 g/mol. The first-order chi connectivity index (χ1) is 9.74. The van der Waals surface area contributed by atoms with Crippen LogP contribution >= 0.6 is 11.8 Å². The van der Waals surface area contributed by atoms with E-state index in [-0.39, 0.29) is 0 Å². The van der Waals surface area contributed by atoms with Crippen molar-refractivity contribution in [2.24, 2.45) is 7.05 Å². The quantitative estimate of drug-likeness (QED) is 0.847. The van der Waals surface area contributed by atoms with Gasteiger partial charge in [0, 0.05) is 55.5 Å². The van der Waals surface area contributed by atoms with Crippen LogP contribution in [-0.2, 0) is 13.6 Å². The summed E-state index contributed by atoms with van der Waals surface area (Å²) in [7, 11) is 2.03. The van der Waals surface area contributed by atoms with Crippen molar-refractivity contribution in [1.29, 1.82) is 0 Å². The number of piperidine rings is 1. The minimum atomic E-state index is 0.835. The highest BCUT2D eigenvalue weighted by molar-refractivity contribution is 7.99. The highest BCUT2D eigenvalue weighted by atomic mass is 32.2. The summed E-state index contributed by atoms with van der Waals surface area (Å²) in [4.78, 5) is 5.32. The lowest BCUT2D eigenvalue weighted by Crippen LogP contribution is -2.47. The maximum absolute atomic E-state index is 4.35. The molecule has 0 unspecified atom stereocenters. The minimum Gasteiger partial charge on any atom is -0.299 e. The van der Waals surface area contributed by atoms with E-state index in [1.165, 1.54) is 61.8 Å². The Hall–Kier alpha value is -0.520.